The lowest BCUT2D eigenvalue weighted by Gasteiger charge is -2.41. The molecule has 0 aromatic carbocycles. The van der Waals surface area contributed by atoms with Gasteiger partial charge in [0.15, 0.2) is 0 Å². The Balaban J connectivity index is 1.87. The first-order valence-electron chi connectivity index (χ1n) is 6.59. The zero-order valence-electron chi connectivity index (χ0n) is 10.6. The Morgan fingerprint density at radius 2 is 2.06 bits per heavy atom. The van der Waals surface area contributed by atoms with Crippen LogP contribution >= 0.6 is 0 Å². The van der Waals surface area contributed by atoms with Gasteiger partial charge in [-0.05, 0) is 39.7 Å². The quantitative estimate of drug-likeness (QED) is 0.841. The summed E-state index contributed by atoms with van der Waals surface area (Å²) in [6.45, 7) is 2.93. The van der Waals surface area contributed by atoms with E-state index >= 15 is 0 Å². The highest BCUT2D eigenvalue weighted by Crippen LogP contribution is 2.44. The van der Waals surface area contributed by atoms with E-state index < -0.39 is 5.60 Å². The number of aliphatic hydroxyl groups is 1. The van der Waals surface area contributed by atoms with Gasteiger partial charge in [0.25, 0.3) is 0 Å². The lowest BCUT2D eigenvalue weighted by Crippen LogP contribution is -2.47. The summed E-state index contributed by atoms with van der Waals surface area (Å²) in [5.41, 5.74) is 0.357. The molecule has 2 fully saturated rings. The van der Waals surface area contributed by atoms with Gasteiger partial charge in [-0.15, -0.1) is 0 Å². The molecule has 3 rings (SSSR count). The van der Waals surface area contributed by atoms with E-state index in [-0.39, 0.29) is 0 Å². The van der Waals surface area contributed by atoms with E-state index in [1.54, 1.807) is 0 Å². The van der Waals surface area contributed by atoms with Crippen molar-refractivity contribution in [2.75, 3.05) is 7.05 Å². The van der Waals surface area contributed by atoms with Crippen molar-refractivity contribution >= 4 is 0 Å². The Morgan fingerprint density at radius 1 is 1.41 bits per heavy atom. The van der Waals surface area contributed by atoms with Gasteiger partial charge in [-0.2, -0.15) is 5.10 Å². The highest BCUT2D eigenvalue weighted by atomic mass is 16.3. The van der Waals surface area contributed by atoms with Gasteiger partial charge in [0, 0.05) is 30.4 Å². The van der Waals surface area contributed by atoms with Crippen LogP contribution in [-0.2, 0) is 12.1 Å². The van der Waals surface area contributed by atoms with E-state index in [2.05, 4.69) is 24.0 Å². The molecule has 2 atom stereocenters. The summed E-state index contributed by atoms with van der Waals surface area (Å²) in [7, 11) is 2.19. The van der Waals surface area contributed by atoms with E-state index in [9.17, 15) is 5.11 Å². The molecule has 2 aliphatic heterocycles. The van der Waals surface area contributed by atoms with Crippen molar-refractivity contribution in [2.45, 2.75) is 56.8 Å². The predicted molar refractivity (Wildman–Crippen MR) is 65.6 cm³/mol. The molecule has 1 N–H and O–H groups in total. The maximum Gasteiger partial charge on any atom is 0.0956 e. The smallest absolute Gasteiger partial charge is 0.0956 e. The minimum absolute atomic E-state index is 0.545. The van der Waals surface area contributed by atoms with Gasteiger partial charge in [0.2, 0.25) is 0 Å². The lowest BCUT2D eigenvalue weighted by molar-refractivity contribution is -0.0493. The summed E-state index contributed by atoms with van der Waals surface area (Å²) in [5, 5.41) is 15.2. The van der Waals surface area contributed by atoms with Gasteiger partial charge in [-0.25, -0.2) is 0 Å². The van der Waals surface area contributed by atoms with Crippen LogP contribution < -0.4 is 0 Å². The fourth-order valence-electron chi connectivity index (χ4n) is 3.46. The van der Waals surface area contributed by atoms with Gasteiger partial charge in [-0.3, -0.25) is 4.68 Å². The zero-order valence-corrected chi connectivity index (χ0v) is 10.6. The standard InChI is InChI=1S/C13H21N3O/c1-3-16-9-10(8-14-16)13(17)6-11-4-5-12(7-13)15(11)2/h8-9,11-12,17H,3-7H2,1-2H3. The van der Waals surface area contributed by atoms with Crippen molar-refractivity contribution in [3.63, 3.8) is 0 Å². The molecule has 1 aromatic rings. The summed E-state index contributed by atoms with van der Waals surface area (Å²) < 4.78 is 1.90. The zero-order chi connectivity index (χ0) is 12.0. The van der Waals surface area contributed by atoms with Crippen LogP contribution in [0.3, 0.4) is 0 Å². The highest BCUT2D eigenvalue weighted by Gasteiger charge is 2.47. The van der Waals surface area contributed by atoms with Crippen molar-refractivity contribution < 1.29 is 5.11 Å². The Morgan fingerprint density at radius 3 is 2.59 bits per heavy atom. The molecule has 0 spiro atoms. The van der Waals surface area contributed by atoms with E-state index in [0.717, 1.165) is 24.9 Å². The molecule has 2 unspecified atom stereocenters. The Bertz CT molecular complexity index is 401. The first-order chi connectivity index (χ1) is 8.12. The van der Waals surface area contributed by atoms with Gasteiger partial charge in [-0.1, -0.05) is 0 Å². The topological polar surface area (TPSA) is 41.3 Å². The molecule has 1 aromatic heterocycles. The molecule has 2 saturated heterocycles. The monoisotopic (exact) mass is 235 g/mol. The number of hydrogen-bond donors (Lipinski definition) is 1. The van der Waals surface area contributed by atoms with Crippen molar-refractivity contribution in [1.29, 1.82) is 0 Å². The van der Waals surface area contributed by atoms with Crippen LogP contribution in [-0.4, -0.2) is 38.9 Å². The maximum absolute atomic E-state index is 10.9. The van der Waals surface area contributed by atoms with Crippen LogP contribution in [0.5, 0.6) is 0 Å². The van der Waals surface area contributed by atoms with Gasteiger partial charge in [0.05, 0.1) is 11.8 Å². The van der Waals surface area contributed by atoms with E-state index in [4.69, 9.17) is 0 Å². The van der Waals surface area contributed by atoms with Crippen molar-refractivity contribution in [2.24, 2.45) is 0 Å². The minimum Gasteiger partial charge on any atom is -0.385 e. The Kier molecular flexibility index (Phi) is 2.52. The molecule has 0 aliphatic carbocycles. The normalized spacial score (nSPS) is 37.6. The number of nitrogens with zero attached hydrogens (tertiary/aromatic N) is 3. The molecule has 3 heterocycles. The van der Waals surface area contributed by atoms with E-state index in [0.29, 0.717) is 12.1 Å². The second kappa shape index (κ2) is 3.82. The molecule has 0 saturated carbocycles. The van der Waals surface area contributed by atoms with Crippen LogP contribution in [0.25, 0.3) is 0 Å². The number of aromatic nitrogens is 2. The first-order valence-corrected chi connectivity index (χ1v) is 6.59. The molecule has 4 heteroatoms. The van der Waals surface area contributed by atoms with E-state index in [1.165, 1.54) is 12.8 Å². The molecule has 94 valence electrons. The minimum atomic E-state index is -0.647. The SMILES string of the molecule is CCn1cc(C2(O)CC3CCC(C2)N3C)cn1. The van der Waals surface area contributed by atoms with E-state index in [1.807, 2.05) is 17.1 Å². The highest BCUT2D eigenvalue weighted by molar-refractivity contribution is 5.19. The third-order valence-corrected chi connectivity index (χ3v) is 4.63. The fourth-order valence-corrected chi connectivity index (χ4v) is 3.46. The Labute approximate surface area is 102 Å². The molecule has 17 heavy (non-hydrogen) atoms. The summed E-state index contributed by atoms with van der Waals surface area (Å²) in [5.74, 6) is 0. The molecule has 2 bridgehead atoms. The van der Waals surface area contributed by atoms with Crippen LogP contribution in [0, 0.1) is 0 Å². The average Bonchev–Trinajstić information content (AvgIpc) is 2.86. The van der Waals surface area contributed by atoms with Gasteiger partial charge < -0.3 is 10.0 Å². The number of rotatable bonds is 2. The third-order valence-electron chi connectivity index (χ3n) is 4.63. The van der Waals surface area contributed by atoms with Crippen LogP contribution in [0.4, 0.5) is 0 Å². The largest absolute Gasteiger partial charge is 0.385 e. The van der Waals surface area contributed by atoms with Crippen molar-refractivity contribution in [3.8, 4) is 0 Å². The van der Waals surface area contributed by atoms with Crippen LogP contribution in [0.15, 0.2) is 12.4 Å². The second-order valence-electron chi connectivity index (χ2n) is 5.58. The lowest BCUT2D eigenvalue weighted by atomic mass is 9.82. The summed E-state index contributed by atoms with van der Waals surface area (Å²) in [6.07, 6.45) is 8.01. The fraction of sp³-hybridized carbons (Fsp3) is 0.769. The van der Waals surface area contributed by atoms with Crippen molar-refractivity contribution in [1.82, 2.24) is 14.7 Å². The summed E-state index contributed by atoms with van der Waals surface area (Å²) in [6, 6.07) is 1.09. The number of aryl methyl sites for hydroxylation is 1. The molecule has 0 radical (unpaired) electrons. The van der Waals surface area contributed by atoms with Gasteiger partial charge in [0.1, 0.15) is 0 Å². The number of hydrogen-bond acceptors (Lipinski definition) is 3. The number of piperidine rings is 1. The first kappa shape index (κ1) is 11.2. The van der Waals surface area contributed by atoms with Gasteiger partial charge >= 0.3 is 0 Å². The Hall–Kier alpha value is -0.870. The third kappa shape index (κ3) is 1.70. The molecule has 4 nitrogen and oxygen atoms in total. The molecule has 0 amide bonds. The van der Waals surface area contributed by atoms with Crippen LogP contribution in [0.2, 0.25) is 0 Å². The molecular formula is C13H21N3O. The number of fused-ring (bicyclic) bond motifs is 2. The molecular weight excluding hydrogens is 214 g/mol. The molecule has 2 aliphatic rings. The summed E-state index contributed by atoms with van der Waals surface area (Å²) >= 11 is 0. The summed E-state index contributed by atoms with van der Waals surface area (Å²) in [4.78, 5) is 2.44. The van der Waals surface area contributed by atoms with Crippen molar-refractivity contribution in [3.05, 3.63) is 18.0 Å². The predicted octanol–water partition coefficient (Wildman–Crippen LogP) is 1.35. The average molecular weight is 235 g/mol. The second-order valence-corrected chi connectivity index (χ2v) is 5.58. The van der Waals surface area contributed by atoms with Crippen LogP contribution in [0.1, 0.15) is 38.2 Å². The maximum atomic E-state index is 10.9.